The van der Waals surface area contributed by atoms with E-state index < -0.39 is 0 Å². The summed E-state index contributed by atoms with van der Waals surface area (Å²) >= 11 is 3.61. The molecule has 0 unspecified atom stereocenters. The highest BCUT2D eigenvalue weighted by Gasteiger charge is 2.68. The van der Waals surface area contributed by atoms with E-state index in [0.717, 1.165) is 23.2 Å². The molecule has 3 aliphatic rings. The second-order valence-corrected chi connectivity index (χ2v) is 9.72. The molecule has 1 N–H and O–H groups in total. The summed E-state index contributed by atoms with van der Waals surface area (Å²) < 4.78 is 12.6. The van der Waals surface area contributed by atoms with E-state index in [0.29, 0.717) is 11.8 Å². The molecule has 4 nitrogen and oxygen atoms in total. The van der Waals surface area contributed by atoms with E-state index >= 15 is 0 Å². The Morgan fingerprint density at radius 1 is 1.38 bits per heavy atom. The van der Waals surface area contributed by atoms with Crippen molar-refractivity contribution >= 4 is 21.8 Å². The number of hydrogen-bond acceptors (Lipinski definition) is 3. The van der Waals surface area contributed by atoms with E-state index in [4.69, 9.17) is 9.47 Å². The molecule has 26 heavy (non-hydrogen) atoms. The average Bonchev–Trinajstić information content (AvgIpc) is 3.07. The van der Waals surface area contributed by atoms with Gasteiger partial charge >= 0.3 is 0 Å². The Balaban J connectivity index is 1.70. The van der Waals surface area contributed by atoms with Gasteiger partial charge in [0.1, 0.15) is 5.75 Å². The standard InChI is InChI=1S/C21H28BrNO3/c1-12(24)23-19-20(2,3)14-10-15-18(26-8-7-21(15,19)11-14)13-5-6-17(25-4)16(22)9-13/h5-6,9,14-15,18-19H,7-8,10-11H2,1-4H3,(H,23,24)/t14-,15-,18-,19+,21-/m1/s1. The van der Waals surface area contributed by atoms with Gasteiger partial charge in [-0.05, 0) is 75.6 Å². The van der Waals surface area contributed by atoms with Crippen molar-refractivity contribution in [3.63, 3.8) is 0 Å². The predicted molar refractivity (Wildman–Crippen MR) is 104 cm³/mol. The molecule has 1 saturated heterocycles. The molecule has 1 aliphatic heterocycles. The zero-order valence-corrected chi connectivity index (χ0v) is 17.6. The van der Waals surface area contributed by atoms with Crippen LogP contribution in [0.5, 0.6) is 5.75 Å². The summed E-state index contributed by atoms with van der Waals surface area (Å²) in [7, 11) is 1.68. The van der Waals surface area contributed by atoms with E-state index in [9.17, 15) is 4.79 Å². The van der Waals surface area contributed by atoms with Crippen molar-refractivity contribution < 1.29 is 14.3 Å². The number of carbonyl (C=O) groups is 1. The molecule has 3 fully saturated rings. The molecule has 2 aliphatic carbocycles. The maximum absolute atomic E-state index is 11.9. The number of rotatable bonds is 3. The van der Waals surface area contributed by atoms with Gasteiger partial charge in [-0.3, -0.25) is 4.79 Å². The molecule has 1 spiro atoms. The smallest absolute Gasteiger partial charge is 0.217 e. The first-order chi connectivity index (χ1) is 12.3. The van der Waals surface area contributed by atoms with E-state index in [2.05, 4.69) is 47.2 Å². The molecule has 1 amide bonds. The zero-order chi connectivity index (χ0) is 18.7. The van der Waals surface area contributed by atoms with Crippen molar-refractivity contribution in [3.8, 4) is 5.75 Å². The maximum Gasteiger partial charge on any atom is 0.217 e. The molecule has 4 rings (SSSR count). The van der Waals surface area contributed by atoms with Crippen LogP contribution in [-0.4, -0.2) is 25.7 Å². The van der Waals surface area contributed by atoms with E-state index in [-0.39, 0.29) is 28.9 Å². The van der Waals surface area contributed by atoms with E-state index in [1.165, 1.54) is 18.4 Å². The lowest BCUT2D eigenvalue weighted by Gasteiger charge is -2.53. The lowest BCUT2D eigenvalue weighted by molar-refractivity contribution is -0.136. The maximum atomic E-state index is 11.9. The highest BCUT2D eigenvalue weighted by Crippen LogP contribution is 2.70. The Morgan fingerprint density at radius 2 is 2.15 bits per heavy atom. The lowest BCUT2D eigenvalue weighted by atomic mass is 9.59. The fourth-order valence-electron chi connectivity index (χ4n) is 6.18. The normalized spacial score (nSPS) is 37.3. The van der Waals surface area contributed by atoms with Crippen LogP contribution in [-0.2, 0) is 9.53 Å². The summed E-state index contributed by atoms with van der Waals surface area (Å²) in [4.78, 5) is 11.9. The van der Waals surface area contributed by atoms with Crippen molar-refractivity contribution in [1.29, 1.82) is 0 Å². The third-order valence-electron chi connectivity index (χ3n) is 7.36. The first kappa shape index (κ1) is 18.3. The van der Waals surface area contributed by atoms with Gasteiger partial charge in [0.25, 0.3) is 0 Å². The Bertz CT molecular complexity index is 734. The van der Waals surface area contributed by atoms with Gasteiger partial charge in [-0.25, -0.2) is 0 Å². The fourth-order valence-corrected chi connectivity index (χ4v) is 6.74. The molecule has 1 heterocycles. The van der Waals surface area contributed by atoms with Crippen LogP contribution in [0, 0.1) is 22.7 Å². The Hall–Kier alpha value is -1.07. The number of ether oxygens (including phenoxy) is 2. The van der Waals surface area contributed by atoms with Crippen LogP contribution >= 0.6 is 15.9 Å². The van der Waals surface area contributed by atoms with Crippen LogP contribution in [0.2, 0.25) is 0 Å². The average molecular weight is 422 g/mol. The third-order valence-corrected chi connectivity index (χ3v) is 7.98. The van der Waals surface area contributed by atoms with Crippen molar-refractivity contribution in [2.24, 2.45) is 22.7 Å². The van der Waals surface area contributed by atoms with Gasteiger partial charge in [0.2, 0.25) is 5.91 Å². The van der Waals surface area contributed by atoms with Gasteiger partial charge in [0.15, 0.2) is 0 Å². The number of halogens is 1. The predicted octanol–water partition coefficient (Wildman–Crippen LogP) is 4.48. The lowest BCUT2D eigenvalue weighted by Crippen LogP contribution is -2.58. The quantitative estimate of drug-likeness (QED) is 0.782. The summed E-state index contributed by atoms with van der Waals surface area (Å²) in [6.45, 7) is 7.06. The van der Waals surface area contributed by atoms with Crippen LogP contribution in [0.15, 0.2) is 22.7 Å². The molecule has 1 aromatic rings. The number of benzene rings is 1. The molecular formula is C21H28BrNO3. The first-order valence-corrected chi connectivity index (χ1v) is 10.3. The molecule has 2 saturated carbocycles. The molecular weight excluding hydrogens is 394 g/mol. The number of nitrogens with one attached hydrogen (secondary N) is 1. The third kappa shape index (κ3) is 2.54. The van der Waals surface area contributed by atoms with Gasteiger partial charge in [-0.1, -0.05) is 19.9 Å². The summed E-state index contributed by atoms with van der Waals surface area (Å²) in [5, 5.41) is 3.33. The van der Waals surface area contributed by atoms with Crippen LogP contribution in [0.25, 0.3) is 0 Å². The van der Waals surface area contributed by atoms with Crippen LogP contribution in [0.4, 0.5) is 0 Å². The minimum Gasteiger partial charge on any atom is -0.496 e. The Morgan fingerprint density at radius 3 is 2.81 bits per heavy atom. The first-order valence-electron chi connectivity index (χ1n) is 9.52. The summed E-state index contributed by atoms with van der Waals surface area (Å²) in [6.07, 6.45) is 3.50. The van der Waals surface area contributed by atoms with E-state index in [1.54, 1.807) is 14.0 Å². The molecule has 5 heteroatoms. The van der Waals surface area contributed by atoms with E-state index in [1.807, 2.05) is 6.07 Å². The minimum absolute atomic E-state index is 0.0824. The number of amides is 1. The fraction of sp³-hybridized carbons (Fsp3) is 0.667. The monoisotopic (exact) mass is 421 g/mol. The van der Waals surface area contributed by atoms with Gasteiger partial charge < -0.3 is 14.8 Å². The topological polar surface area (TPSA) is 47.6 Å². The van der Waals surface area contributed by atoms with Crippen LogP contribution in [0.3, 0.4) is 0 Å². The van der Waals surface area contributed by atoms with Gasteiger partial charge in [0.05, 0.1) is 17.7 Å². The molecule has 2 bridgehead atoms. The summed E-state index contributed by atoms with van der Waals surface area (Å²) in [6, 6.07) is 6.49. The van der Waals surface area contributed by atoms with Crippen molar-refractivity contribution in [3.05, 3.63) is 28.2 Å². The summed E-state index contributed by atoms with van der Waals surface area (Å²) in [5.41, 5.74) is 1.49. The minimum atomic E-state index is 0.0824. The molecule has 1 aromatic carbocycles. The molecule has 5 atom stereocenters. The Labute approximate surface area is 164 Å². The van der Waals surface area contributed by atoms with Crippen molar-refractivity contribution in [2.75, 3.05) is 13.7 Å². The highest BCUT2D eigenvalue weighted by atomic mass is 79.9. The molecule has 0 radical (unpaired) electrons. The molecule has 0 aromatic heterocycles. The van der Waals surface area contributed by atoms with Crippen molar-refractivity contribution in [2.45, 2.75) is 52.2 Å². The van der Waals surface area contributed by atoms with Gasteiger partial charge in [0, 0.05) is 19.6 Å². The number of carbonyl (C=O) groups excluding carboxylic acids is 1. The highest BCUT2D eigenvalue weighted by molar-refractivity contribution is 9.10. The second kappa shape index (κ2) is 6.23. The molecule has 142 valence electrons. The zero-order valence-electron chi connectivity index (χ0n) is 16.0. The largest absolute Gasteiger partial charge is 0.496 e. The summed E-state index contributed by atoms with van der Waals surface area (Å²) in [5.74, 6) is 2.00. The SMILES string of the molecule is COc1ccc([C@H]2OCC[C@@]34C[C@@H](C[C@H]23)C(C)(C)[C@@H]4NC(C)=O)cc1Br. The van der Waals surface area contributed by atoms with Crippen LogP contribution < -0.4 is 10.1 Å². The van der Waals surface area contributed by atoms with Crippen molar-refractivity contribution in [1.82, 2.24) is 5.32 Å². The Kier molecular flexibility index (Phi) is 4.39. The second-order valence-electron chi connectivity index (χ2n) is 8.87. The van der Waals surface area contributed by atoms with Gasteiger partial charge in [-0.2, -0.15) is 0 Å². The van der Waals surface area contributed by atoms with Gasteiger partial charge in [-0.15, -0.1) is 0 Å². The number of hydrogen-bond donors (Lipinski definition) is 1. The van der Waals surface area contributed by atoms with Crippen LogP contribution in [0.1, 0.15) is 51.7 Å². The number of methoxy groups -OCH3 is 1. The number of fused-ring (bicyclic) bond motifs is 1.